The molecule has 1 heterocycles. The largest absolute Gasteiger partial charge is 0.756 e. The number of ether oxygens (including phenoxy) is 1. The molecule has 0 aromatic rings. The molecule has 5 N–H and O–H groups in total. The molecule has 0 bridgehead atoms. The molecule has 5 rings (SSSR count). The zero-order valence-corrected chi connectivity index (χ0v) is 28.0. The van der Waals surface area contributed by atoms with E-state index in [9.17, 15) is 35.0 Å². The van der Waals surface area contributed by atoms with Crippen molar-refractivity contribution >= 4 is 7.82 Å². The van der Waals surface area contributed by atoms with Crippen LogP contribution in [0.15, 0.2) is 11.6 Å². The fraction of sp³-hybridized carbons (Fsp3) is 0.939. The van der Waals surface area contributed by atoms with E-state index in [1.807, 2.05) is 6.08 Å². The summed E-state index contributed by atoms with van der Waals surface area (Å²) in [5.41, 5.74) is 1.19. The van der Waals surface area contributed by atoms with E-state index in [1.165, 1.54) is 38.5 Å². The van der Waals surface area contributed by atoms with E-state index in [-0.39, 0.29) is 16.7 Å². The highest BCUT2D eigenvalue weighted by Crippen LogP contribution is 2.67. The molecule has 0 aromatic heterocycles. The molecule has 0 amide bonds. The van der Waals surface area contributed by atoms with Crippen LogP contribution in [0.2, 0.25) is 0 Å². The average molecular weight is 644 g/mol. The summed E-state index contributed by atoms with van der Waals surface area (Å²) in [6.45, 7) is 11.1. The summed E-state index contributed by atoms with van der Waals surface area (Å²) in [5, 5.41) is 50.9. The van der Waals surface area contributed by atoms with Gasteiger partial charge in [0.1, 0.15) is 24.4 Å². The molecule has 5 aliphatic rings. The summed E-state index contributed by atoms with van der Waals surface area (Å²) in [5.74, 6) is 3.17. The zero-order valence-electron chi connectivity index (χ0n) is 27.1. The minimum Gasteiger partial charge on any atom is -0.756 e. The van der Waals surface area contributed by atoms with Crippen LogP contribution in [0.3, 0.4) is 0 Å². The van der Waals surface area contributed by atoms with Crippen molar-refractivity contribution in [3.05, 3.63) is 11.6 Å². The van der Waals surface area contributed by atoms with Crippen LogP contribution in [-0.2, 0) is 18.3 Å². The molecular weight excluding hydrogens is 587 g/mol. The van der Waals surface area contributed by atoms with Crippen LogP contribution in [0.4, 0.5) is 0 Å². The highest BCUT2D eigenvalue weighted by atomic mass is 31.2. The Kier molecular flexibility index (Phi) is 10.5. The highest BCUT2D eigenvalue weighted by molar-refractivity contribution is 7.45. The van der Waals surface area contributed by atoms with Gasteiger partial charge in [-0.1, -0.05) is 65.5 Å². The van der Waals surface area contributed by atoms with E-state index in [0.29, 0.717) is 36.5 Å². The highest BCUT2D eigenvalue weighted by Gasteiger charge is 2.61. The lowest BCUT2D eigenvalue weighted by molar-refractivity contribution is -0.290. The van der Waals surface area contributed by atoms with Gasteiger partial charge in [0, 0.05) is 0 Å². The monoisotopic (exact) mass is 643 g/mol. The van der Waals surface area contributed by atoms with Crippen LogP contribution in [0.5, 0.6) is 0 Å². The minimum absolute atomic E-state index is 0.118. The van der Waals surface area contributed by atoms with Crippen molar-refractivity contribution in [3.8, 4) is 0 Å². The van der Waals surface area contributed by atoms with Crippen LogP contribution in [-0.4, -0.2) is 75.1 Å². The summed E-state index contributed by atoms with van der Waals surface area (Å²) in [6, 6.07) is 0. The molecule has 0 aromatic carbocycles. The maximum atomic E-state index is 12.8. The summed E-state index contributed by atoms with van der Waals surface area (Å²) in [7, 11) is -4.83. The van der Waals surface area contributed by atoms with Gasteiger partial charge in [-0.2, -0.15) is 0 Å². The second kappa shape index (κ2) is 13.3. The number of aliphatic hydroxyl groups excluding tert-OH is 5. The van der Waals surface area contributed by atoms with Crippen LogP contribution in [0.25, 0.3) is 0 Å². The molecule has 0 radical (unpaired) electrons. The van der Waals surface area contributed by atoms with Gasteiger partial charge < -0.3 is 44.2 Å². The maximum Gasteiger partial charge on any atom is 0.268 e. The number of fused-ring (bicyclic) bond motifs is 5. The first-order valence-corrected chi connectivity index (χ1v) is 18.4. The lowest BCUT2D eigenvalue weighted by Gasteiger charge is -2.59. The van der Waals surface area contributed by atoms with Gasteiger partial charge in [0.05, 0.1) is 18.8 Å². The first-order chi connectivity index (χ1) is 20.6. The number of hydrogen-bond acceptors (Lipinski definition) is 10. The van der Waals surface area contributed by atoms with Gasteiger partial charge in [0.25, 0.3) is 7.82 Å². The predicted molar refractivity (Wildman–Crippen MR) is 162 cm³/mol. The van der Waals surface area contributed by atoms with Gasteiger partial charge in [0.15, 0.2) is 6.29 Å². The van der Waals surface area contributed by atoms with Crippen LogP contribution < -0.4 is 4.89 Å². The molecule has 0 spiro atoms. The first kappa shape index (κ1) is 34.9. The van der Waals surface area contributed by atoms with Crippen molar-refractivity contribution in [1.82, 2.24) is 0 Å². The Bertz CT molecular complexity index is 1080. The molecule has 254 valence electrons. The third-order valence-electron chi connectivity index (χ3n) is 12.6. The van der Waals surface area contributed by atoms with Gasteiger partial charge >= 0.3 is 0 Å². The molecule has 15 atom stereocenters. The molecule has 11 heteroatoms. The average Bonchev–Trinajstić information content (AvgIpc) is 3.30. The fourth-order valence-electron chi connectivity index (χ4n) is 10.2. The van der Waals surface area contributed by atoms with E-state index in [4.69, 9.17) is 13.8 Å². The van der Waals surface area contributed by atoms with Gasteiger partial charge in [-0.05, 0) is 91.3 Å². The van der Waals surface area contributed by atoms with E-state index < -0.39 is 57.3 Å². The van der Waals surface area contributed by atoms with Crippen molar-refractivity contribution in [1.29, 1.82) is 0 Å². The Morgan fingerprint density at radius 2 is 1.70 bits per heavy atom. The van der Waals surface area contributed by atoms with Crippen molar-refractivity contribution in [3.63, 3.8) is 0 Å². The third kappa shape index (κ3) is 6.65. The Morgan fingerprint density at radius 3 is 2.41 bits per heavy atom. The smallest absolute Gasteiger partial charge is 0.268 e. The Labute approximate surface area is 262 Å². The summed E-state index contributed by atoms with van der Waals surface area (Å²) >= 11 is 0. The molecule has 10 nitrogen and oxygen atoms in total. The molecule has 4 fully saturated rings. The van der Waals surface area contributed by atoms with Gasteiger partial charge in [-0.15, -0.1) is 0 Å². The Balaban J connectivity index is 1.22. The molecule has 1 aliphatic heterocycles. The van der Waals surface area contributed by atoms with Crippen molar-refractivity contribution in [2.24, 2.45) is 46.3 Å². The number of aliphatic hydroxyl groups is 5. The van der Waals surface area contributed by atoms with Gasteiger partial charge in [-0.25, -0.2) is 0 Å². The Morgan fingerprint density at radius 1 is 0.977 bits per heavy atom. The van der Waals surface area contributed by atoms with E-state index >= 15 is 0 Å². The van der Waals surface area contributed by atoms with Gasteiger partial charge in [0.2, 0.25) is 0 Å². The van der Waals surface area contributed by atoms with E-state index in [2.05, 4.69) is 34.6 Å². The quantitative estimate of drug-likeness (QED) is 0.175. The third-order valence-corrected chi connectivity index (χ3v) is 13.7. The number of phosphoric acid groups is 1. The summed E-state index contributed by atoms with van der Waals surface area (Å²) < 4.78 is 28.2. The predicted octanol–water partition coefficient (Wildman–Crippen LogP) is 3.67. The standard InChI is InChI=1S/C33H57O10P/c1-18(2)7-6-8-19(3)22-9-10-23-27-24(12-14-33(22,23)5)32(4)13-11-21(15-20(32)16-25(27)34)43-44(39,40)41-17-26-28(35)29(36)30(37)31(38)42-26/h16,18-19,21-31,34-38H,6-15,17H2,1-5H3,(H,39,40)/p-1/t19-,21+,22-,23+,24+,25+,26-,27+,28+,29+,30-,31?,32+,33-/m1/s1. The van der Waals surface area contributed by atoms with Crippen molar-refractivity contribution in [2.75, 3.05) is 6.61 Å². The second-order valence-corrected chi connectivity index (χ2v) is 17.0. The minimum atomic E-state index is -4.83. The van der Waals surface area contributed by atoms with Crippen molar-refractivity contribution in [2.45, 2.75) is 142 Å². The SMILES string of the molecule is CC(C)CCC[C@@H](C)[C@H]1CC[C@H]2[C@@H]3[C@@H](O)C=C4C[C@@H](OP(=O)([O-])OC[C@H]5OC(O)[C@H](O)[C@@H](O)[C@H]5O)CC[C@]4(C)[C@H]3CC[C@]12C. The van der Waals surface area contributed by atoms with Crippen molar-refractivity contribution < 1.29 is 48.8 Å². The number of phosphoric ester groups is 1. The molecule has 4 aliphatic carbocycles. The molecule has 3 saturated carbocycles. The number of rotatable bonds is 10. The Hall–Kier alpha value is -0.390. The molecule has 1 saturated heterocycles. The topological polar surface area (TPSA) is 169 Å². The first-order valence-electron chi connectivity index (χ1n) is 17.0. The number of hydrogen-bond donors (Lipinski definition) is 5. The normalized spacial score (nSPS) is 47.7. The molecule has 44 heavy (non-hydrogen) atoms. The summed E-state index contributed by atoms with van der Waals surface area (Å²) in [6.07, 6.45) is 2.73. The second-order valence-electron chi connectivity index (χ2n) is 15.7. The van der Waals surface area contributed by atoms with Crippen LogP contribution >= 0.6 is 7.82 Å². The van der Waals surface area contributed by atoms with E-state index in [0.717, 1.165) is 24.3 Å². The molecule has 2 unspecified atom stereocenters. The van der Waals surface area contributed by atoms with Crippen LogP contribution in [0, 0.1) is 46.3 Å². The lowest BCUT2D eigenvalue weighted by atomic mass is 9.46. The van der Waals surface area contributed by atoms with Gasteiger partial charge in [-0.3, -0.25) is 4.57 Å². The fourth-order valence-corrected chi connectivity index (χ4v) is 11.1. The lowest BCUT2D eigenvalue weighted by Crippen LogP contribution is -2.58. The maximum absolute atomic E-state index is 12.8. The van der Waals surface area contributed by atoms with E-state index in [1.54, 1.807) is 0 Å². The zero-order chi connectivity index (χ0) is 32.2. The summed E-state index contributed by atoms with van der Waals surface area (Å²) in [4.78, 5) is 12.8. The molecular formula is C33H56O10P-. The van der Waals surface area contributed by atoms with Crippen LogP contribution in [0.1, 0.15) is 98.8 Å².